The van der Waals surface area contributed by atoms with Gasteiger partial charge in [0.05, 0.1) is 0 Å². The lowest BCUT2D eigenvalue weighted by Gasteiger charge is -2.19. The third kappa shape index (κ3) is 3.16. The van der Waals surface area contributed by atoms with E-state index in [0.717, 1.165) is 0 Å². The quantitative estimate of drug-likeness (QED) is 0.788. The second-order valence-corrected chi connectivity index (χ2v) is 4.18. The van der Waals surface area contributed by atoms with Crippen molar-refractivity contribution in [3.8, 4) is 0 Å². The summed E-state index contributed by atoms with van der Waals surface area (Å²) in [6.07, 6.45) is -0.256. The molecular weight excluding hydrogens is 210 g/mol. The first kappa shape index (κ1) is 11.8. The molecule has 2 aromatic rings. The van der Waals surface area contributed by atoms with E-state index in [1.54, 1.807) is 0 Å². The van der Waals surface area contributed by atoms with Gasteiger partial charge < -0.3 is 10.8 Å². The Morgan fingerprint density at radius 3 is 1.59 bits per heavy atom. The first-order valence-corrected chi connectivity index (χ1v) is 5.81. The van der Waals surface area contributed by atoms with Crippen molar-refractivity contribution in [1.29, 1.82) is 0 Å². The summed E-state index contributed by atoms with van der Waals surface area (Å²) in [5.74, 6) is 0.150. The maximum Gasteiger partial charge on any atom is 0.103 e. The van der Waals surface area contributed by atoms with Gasteiger partial charge in [0.15, 0.2) is 0 Å². The highest BCUT2D eigenvalue weighted by molar-refractivity contribution is 5.32. The summed E-state index contributed by atoms with van der Waals surface area (Å²) in [7, 11) is 0. The van der Waals surface area contributed by atoms with Gasteiger partial charge in [-0.25, -0.2) is 0 Å². The average molecular weight is 227 g/mol. The summed E-state index contributed by atoms with van der Waals surface area (Å²) < 4.78 is 0. The number of aliphatic hydroxyl groups is 1. The normalized spacial score (nSPS) is 12.6. The van der Waals surface area contributed by atoms with Crippen LogP contribution in [-0.4, -0.2) is 11.3 Å². The van der Waals surface area contributed by atoms with Crippen molar-refractivity contribution in [3.05, 3.63) is 71.8 Å². The van der Waals surface area contributed by atoms with Gasteiger partial charge in [-0.05, 0) is 17.5 Å². The molecule has 0 amide bonds. The van der Waals surface area contributed by atoms with E-state index in [0.29, 0.717) is 6.42 Å². The molecule has 1 unspecified atom stereocenters. The molecule has 2 aromatic carbocycles. The van der Waals surface area contributed by atoms with Crippen molar-refractivity contribution in [2.45, 2.75) is 18.6 Å². The lowest BCUT2D eigenvalue weighted by atomic mass is 9.88. The maximum absolute atomic E-state index is 9.42. The van der Waals surface area contributed by atoms with E-state index in [9.17, 15) is 5.11 Å². The Kier molecular flexibility index (Phi) is 3.91. The van der Waals surface area contributed by atoms with Crippen LogP contribution in [0.25, 0.3) is 0 Å². The Hall–Kier alpha value is -1.64. The molecule has 0 bridgehead atoms. The van der Waals surface area contributed by atoms with Gasteiger partial charge in [0.2, 0.25) is 0 Å². The van der Waals surface area contributed by atoms with Gasteiger partial charge in [-0.1, -0.05) is 60.7 Å². The Morgan fingerprint density at radius 2 is 1.24 bits per heavy atom. The number of nitrogens with two attached hydrogens (primary N) is 1. The van der Waals surface area contributed by atoms with Gasteiger partial charge in [0.1, 0.15) is 6.23 Å². The highest BCUT2D eigenvalue weighted by Gasteiger charge is 2.15. The molecule has 88 valence electrons. The molecule has 1 atom stereocenters. The summed E-state index contributed by atoms with van der Waals surface area (Å²) >= 11 is 0. The van der Waals surface area contributed by atoms with Crippen LogP contribution in [0.1, 0.15) is 23.5 Å². The summed E-state index contributed by atoms with van der Waals surface area (Å²) in [4.78, 5) is 0. The second kappa shape index (κ2) is 5.62. The minimum absolute atomic E-state index is 0.150. The summed E-state index contributed by atoms with van der Waals surface area (Å²) in [5, 5.41) is 9.42. The van der Waals surface area contributed by atoms with Crippen LogP contribution in [0, 0.1) is 0 Å². The maximum atomic E-state index is 9.42. The predicted molar refractivity (Wildman–Crippen MR) is 69.5 cm³/mol. The fraction of sp³-hybridized carbons (Fsp3) is 0.200. The molecule has 2 nitrogen and oxygen atoms in total. The Morgan fingerprint density at radius 1 is 0.824 bits per heavy atom. The van der Waals surface area contributed by atoms with Crippen LogP contribution in [0.3, 0.4) is 0 Å². The van der Waals surface area contributed by atoms with E-state index < -0.39 is 6.23 Å². The molecule has 2 heteroatoms. The smallest absolute Gasteiger partial charge is 0.103 e. The Bertz CT molecular complexity index is 399. The fourth-order valence-electron chi connectivity index (χ4n) is 2.08. The number of hydrogen-bond donors (Lipinski definition) is 2. The molecule has 0 aliphatic carbocycles. The first-order chi connectivity index (χ1) is 8.27. The zero-order valence-corrected chi connectivity index (χ0v) is 9.66. The Balaban J connectivity index is 2.32. The van der Waals surface area contributed by atoms with Crippen LogP contribution >= 0.6 is 0 Å². The van der Waals surface area contributed by atoms with E-state index in [-0.39, 0.29) is 5.92 Å². The lowest BCUT2D eigenvalue weighted by Crippen LogP contribution is -2.22. The topological polar surface area (TPSA) is 46.2 Å². The third-order valence-corrected chi connectivity index (χ3v) is 2.88. The number of rotatable bonds is 4. The first-order valence-electron chi connectivity index (χ1n) is 5.81. The lowest BCUT2D eigenvalue weighted by molar-refractivity contribution is 0.167. The van der Waals surface area contributed by atoms with E-state index in [4.69, 9.17) is 5.73 Å². The number of benzene rings is 2. The Labute approximate surface area is 102 Å². The van der Waals surface area contributed by atoms with Gasteiger partial charge in [0, 0.05) is 5.92 Å². The van der Waals surface area contributed by atoms with Crippen molar-refractivity contribution in [2.24, 2.45) is 5.73 Å². The molecular formula is C15H17NO. The van der Waals surface area contributed by atoms with E-state index >= 15 is 0 Å². The predicted octanol–water partition coefficient (Wildman–Crippen LogP) is 2.49. The van der Waals surface area contributed by atoms with Crippen LogP contribution in [-0.2, 0) is 0 Å². The third-order valence-electron chi connectivity index (χ3n) is 2.88. The van der Waals surface area contributed by atoms with Crippen LogP contribution in [0.4, 0.5) is 0 Å². The largest absolute Gasteiger partial charge is 0.379 e. The molecule has 0 aromatic heterocycles. The minimum Gasteiger partial charge on any atom is -0.379 e. The second-order valence-electron chi connectivity index (χ2n) is 4.18. The molecule has 0 aliphatic heterocycles. The van der Waals surface area contributed by atoms with Crippen LogP contribution < -0.4 is 5.73 Å². The fourth-order valence-corrected chi connectivity index (χ4v) is 2.08. The van der Waals surface area contributed by atoms with Crippen molar-refractivity contribution in [2.75, 3.05) is 0 Å². The molecule has 0 radical (unpaired) electrons. The zero-order chi connectivity index (χ0) is 12.1. The van der Waals surface area contributed by atoms with Gasteiger partial charge in [0.25, 0.3) is 0 Å². The van der Waals surface area contributed by atoms with E-state index in [1.165, 1.54) is 11.1 Å². The molecule has 3 N–H and O–H groups in total. The summed E-state index contributed by atoms with van der Waals surface area (Å²) in [6, 6.07) is 20.3. The van der Waals surface area contributed by atoms with Crippen LogP contribution in [0.15, 0.2) is 60.7 Å². The van der Waals surface area contributed by atoms with Crippen molar-refractivity contribution < 1.29 is 5.11 Å². The number of aliphatic hydroxyl groups excluding tert-OH is 1. The van der Waals surface area contributed by atoms with Gasteiger partial charge in [-0.2, -0.15) is 0 Å². The van der Waals surface area contributed by atoms with Crippen molar-refractivity contribution in [3.63, 3.8) is 0 Å². The zero-order valence-electron chi connectivity index (χ0n) is 9.66. The highest BCUT2D eigenvalue weighted by atomic mass is 16.3. The standard InChI is InChI=1S/C15H17NO/c16-15(17)11-14(12-7-3-1-4-8-12)13-9-5-2-6-10-13/h1-10,14-15,17H,11,16H2. The van der Waals surface area contributed by atoms with Crippen molar-refractivity contribution >= 4 is 0 Å². The monoisotopic (exact) mass is 227 g/mol. The molecule has 0 fully saturated rings. The molecule has 0 spiro atoms. The van der Waals surface area contributed by atoms with Crippen LogP contribution in [0.2, 0.25) is 0 Å². The molecule has 0 aliphatic rings. The summed E-state index contributed by atoms with van der Waals surface area (Å²) in [5.41, 5.74) is 7.89. The average Bonchev–Trinajstić information content (AvgIpc) is 2.38. The molecule has 0 saturated carbocycles. The van der Waals surface area contributed by atoms with E-state index in [1.807, 2.05) is 36.4 Å². The highest BCUT2D eigenvalue weighted by Crippen LogP contribution is 2.28. The van der Waals surface area contributed by atoms with E-state index in [2.05, 4.69) is 24.3 Å². The van der Waals surface area contributed by atoms with Gasteiger partial charge in [-0.3, -0.25) is 0 Å². The van der Waals surface area contributed by atoms with Gasteiger partial charge >= 0.3 is 0 Å². The van der Waals surface area contributed by atoms with Crippen LogP contribution in [0.5, 0.6) is 0 Å². The summed E-state index contributed by atoms with van der Waals surface area (Å²) in [6.45, 7) is 0. The molecule has 17 heavy (non-hydrogen) atoms. The molecule has 0 heterocycles. The van der Waals surface area contributed by atoms with Crippen molar-refractivity contribution in [1.82, 2.24) is 0 Å². The molecule has 0 saturated heterocycles. The minimum atomic E-state index is -0.791. The van der Waals surface area contributed by atoms with Gasteiger partial charge in [-0.15, -0.1) is 0 Å². The molecule has 2 rings (SSSR count). The SMILES string of the molecule is NC(O)CC(c1ccccc1)c1ccccc1. The number of hydrogen-bond acceptors (Lipinski definition) is 2.